The van der Waals surface area contributed by atoms with E-state index in [2.05, 4.69) is 88.3 Å². The van der Waals surface area contributed by atoms with Crippen LogP contribution < -0.4 is 10.6 Å². The Bertz CT molecular complexity index is 945. The van der Waals surface area contributed by atoms with Gasteiger partial charge in [0.05, 0.1) is 0 Å². The molecule has 3 saturated heterocycles. The summed E-state index contributed by atoms with van der Waals surface area (Å²) >= 11 is 5.76. The van der Waals surface area contributed by atoms with E-state index in [1.165, 1.54) is 37.1 Å². The summed E-state index contributed by atoms with van der Waals surface area (Å²) in [4.78, 5) is 2.69. The smallest absolute Gasteiger partial charge is 0.171 e. The number of fused-ring (bicyclic) bond motifs is 3. The Morgan fingerprint density at radius 2 is 1.29 bits per heavy atom. The summed E-state index contributed by atoms with van der Waals surface area (Å²) in [5.74, 6) is 0.947. The first kappa shape index (κ1) is 20.2. The van der Waals surface area contributed by atoms with E-state index >= 15 is 0 Å². The molecule has 3 nitrogen and oxygen atoms in total. The zero-order valence-corrected chi connectivity index (χ0v) is 18.5. The highest BCUT2D eigenvalue weighted by Gasteiger charge is 2.46. The third-order valence-corrected chi connectivity index (χ3v) is 7.08. The molecule has 3 heterocycles. The number of hydrogen-bond donors (Lipinski definition) is 2. The molecule has 0 saturated carbocycles. The van der Waals surface area contributed by atoms with Crippen molar-refractivity contribution in [2.75, 3.05) is 18.4 Å². The summed E-state index contributed by atoms with van der Waals surface area (Å²) in [6.07, 6.45) is 2.47. The third kappa shape index (κ3) is 4.36. The van der Waals surface area contributed by atoms with Crippen molar-refractivity contribution < 1.29 is 0 Å². The molecule has 2 bridgehead atoms. The molecule has 6 rings (SSSR count). The fourth-order valence-electron chi connectivity index (χ4n) is 5.45. The van der Waals surface area contributed by atoms with Crippen LogP contribution in [0, 0.1) is 5.92 Å². The fourth-order valence-corrected chi connectivity index (χ4v) is 5.71. The van der Waals surface area contributed by atoms with Crippen LogP contribution in [-0.4, -0.2) is 35.2 Å². The summed E-state index contributed by atoms with van der Waals surface area (Å²) in [6.45, 7) is 2.34. The fraction of sp³-hybridized carbons (Fsp3) is 0.296. The first-order chi connectivity index (χ1) is 15.3. The molecule has 31 heavy (non-hydrogen) atoms. The molecule has 158 valence electrons. The predicted molar refractivity (Wildman–Crippen MR) is 132 cm³/mol. The second kappa shape index (κ2) is 9.21. The number of hydrogen-bond acceptors (Lipinski definition) is 2. The molecule has 3 aliphatic heterocycles. The topological polar surface area (TPSA) is 27.3 Å². The maximum Gasteiger partial charge on any atom is 0.171 e. The van der Waals surface area contributed by atoms with E-state index < -0.39 is 0 Å². The molecule has 0 spiro atoms. The number of piperidine rings is 3. The van der Waals surface area contributed by atoms with Crippen LogP contribution in [0.4, 0.5) is 5.69 Å². The standard InChI is InChI=1S/C27H29N3S/c31-27(28-23-14-8-3-9-15-23)29-25-22-16-18-30(19-17-22)26(25)24(20-10-4-1-5-11-20)21-12-6-2-7-13-21/h1-15,22,24-26H,16-19H2,(H2,28,29,31)/t25-,26-/m0/s1. The number of benzene rings is 3. The van der Waals surface area contributed by atoms with Crippen LogP contribution in [0.1, 0.15) is 29.9 Å². The van der Waals surface area contributed by atoms with Crippen molar-refractivity contribution in [1.82, 2.24) is 10.2 Å². The molecule has 2 N–H and O–H groups in total. The van der Waals surface area contributed by atoms with E-state index in [0.29, 0.717) is 23.9 Å². The van der Waals surface area contributed by atoms with Crippen LogP contribution in [0.5, 0.6) is 0 Å². The van der Waals surface area contributed by atoms with E-state index in [0.717, 1.165) is 10.8 Å². The van der Waals surface area contributed by atoms with Gasteiger partial charge in [-0.15, -0.1) is 0 Å². The van der Waals surface area contributed by atoms with Gasteiger partial charge in [-0.2, -0.15) is 0 Å². The first-order valence-corrected chi connectivity index (χ1v) is 11.7. The second-order valence-corrected chi connectivity index (χ2v) is 9.06. The highest BCUT2D eigenvalue weighted by atomic mass is 32.1. The minimum atomic E-state index is 0.308. The van der Waals surface area contributed by atoms with Gasteiger partial charge in [0.25, 0.3) is 0 Å². The molecule has 3 fully saturated rings. The molecule has 0 aromatic heterocycles. The lowest BCUT2D eigenvalue weighted by Crippen LogP contribution is -2.65. The van der Waals surface area contributed by atoms with Crippen molar-refractivity contribution in [2.24, 2.45) is 5.92 Å². The van der Waals surface area contributed by atoms with Crippen LogP contribution in [0.25, 0.3) is 0 Å². The number of thiocarbonyl (C=S) groups is 1. The van der Waals surface area contributed by atoms with E-state index in [1.807, 2.05) is 18.2 Å². The lowest BCUT2D eigenvalue weighted by Gasteiger charge is -2.54. The SMILES string of the molecule is S=C(Nc1ccccc1)N[C@H]1C2CCN(CC2)[C@H]1C(c1ccccc1)c1ccccc1. The van der Waals surface area contributed by atoms with Crippen molar-refractivity contribution in [1.29, 1.82) is 0 Å². The third-order valence-electron chi connectivity index (χ3n) is 6.86. The molecule has 4 heteroatoms. The molecule has 0 unspecified atom stereocenters. The molecule has 0 amide bonds. The minimum absolute atomic E-state index is 0.308. The van der Waals surface area contributed by atoms with Gasteiger partial charge in [-0.1, -0.05) is 78.9 Å². The van der Waals surface area contributed by atoms with Gasteiger partial charge in [0.15, 0.2) is 5.11 Å². The summed E-state index contributed by atoms with van der Waals surface area (Å²) in [7, 11) is 0. The molecular formula is C27H29N3S. The molecule has 2 atom stereocenters. The highest BCUT2D eigenvalue weighted by Crippen LogP contribution is 2.42. The molecule has 3 aliphatic rings. The molecule has 0 aliphatic carbocycles. The Kier molecular flexibility index (Phi) is 6.01. The average molecular weight is 428 g/mol. The maximum atomic E-state index is 5.76. The summed E-state index contributed by atoms with van der Waals surface area (Å²) < 4.78 is 0. The van der Waals surface area contributed by atoms with Gasteiger partial charge in [0.2, 0.25) is 0 Å². The minimum Gasteiger partial charge on any atom is -0.358 e. The Balaban J connectivity index is 1.47. The van der Waals surface area contributed by atoms with Crippen LogP contribution in [-0.2, 0) is 0 Å². The van der Waals surface area contributed by atoms with Gasteiger partial charge >= 0.3 is 0 Å². The summed E-state index contributed by atoms with van der Waals surface area (Å²) in [5.41, 5.74) is 3.78. The highest BCUT2D eigenvalue weighted by molar-refractivity contribution is 7.80. The van der Waals surface area contributed by atoms with Gasteiger partial charge in [-0.3, -0.25) is 4.90 Å². The van der Waals surface area contributed by atoms with Crippen LogP contribution in [0.15, 0.2) is 91.0 Å². The summed E-state index contributed by atoms with van der Waals surface area (Å²) in [6, 6.07) is 32.8. The van der Waals surface area contributed by atoms with E-state index in [9.17, 15) is 0 Å². The number of nitrogens with one attached hydrogen (secondary N) is 2. The molecule has 0 radical (unpaired) electrons. The van der Waals surface area contributed by atoms with Gasteiger partial charge in [0.1, 0.15) is 0 Å². The van der Waals surface area contributed by atoms with E-state index in [-0.39, 0.29) is 0 Å². The van der Waals surface area contributed by atoms with Crippen molar-refractivity contribution in [2.45, 2.75) is 30.8 Å². The van der Waals surface area contributed by atoms with E-state index in [4.69, 9.17) is 12.2 Å². The monoisotopic (exact) mass is 427 g/mol. The van der Waals surface area contributed by atoms with Crippen LogP contribution >= 0.6 is 12.2 Å². The van der Waals surface area contributed by atoms with E-state index in [1.54, 1.807) is 0 Å². The zero-order valence-electron chi connectivity index (χ0n) is 17.7. The number of anilines is 1. The van der Waals surface area contributed by atoms with Crippen molar-refractivity contribution >= 4 is 23.0 Å². The number of rotatable bonds is 5. The van der Waals surface area contributed by atoms with Crippen molar-refractivity contribution in [3.05, 3.63) is 102 Å². The van der Waals surface area contributed by atoms with Crippen LogP contribution in [0.2, 0.25) is 0 Å². The van der Waals surface area contributed by atoms with Crippen molar-refractivity contribution in [3.63, 3.8) is 0 Å². The van der Waals surface area contributed by atoms with Crippen molar-refractivity contribution in [3.8, 4) is 0 Å². The Morgan fingerprint density at radius 1 is 0.774 bits per heavy atom. The quantitative estimate of drug-likeness (QED) is 0.543. The zero-order chi connectivity index (χ0) is 21.0. The average Bonchev–Trinajstić information content (AvgIpc) is 2.83. The maximum absolute atomic E-state index is 5.76. The van der Waals surface area contributed by atoms with Gasteiger partial charge in [0, 0.05) is 23.7 Å². The lowest BCUT2D eigenvalue weighted by atomic mass is 9.70. The Hall–Kier alpha value is -2.69. The lowest BCUT2D eigenvalue weighted by molar-refractivity contribution is 0.0129. The summed E-state index contributed by atoms with van der Waals surface area (Å²) in [5, 5.41) is 7.85. The Labute approximate surface area is 190 Å². The van der Waals surface area contributed by atoms with Gasteiger partial charge in [-0.05, 0) is 67.3 Å². The molecule has 3 aromatic rings. The van der Waals surface area contributed by atoms with Gasteiger partial charge in [-0.25, -0.2) is 0 Å². The normalized spacial score (nSPS) is 24.7. The number of para-hydroxylation sites is 1. The largest absolute Gasteiger partial charge is 0.358 e. The van der Waals surface area contributed by atoms with Gasteiger partial charge < -0.3 is 10.6 Å². The predicted octanol–water partition coefficient (Wildman–Crippen LogP) is 5.27. The van der Waals surface area contributed by atoms with Crippen LogP contribution in [0.3, 0.4) is 0 Å². The first-order valence-electron chi connectivity index (χ1n) is 11.3. The molecule has 3 aromatic carbocycles. The second-order valence-electron chi connectivity index (χ2n) is 8.65. The molecular weight excluding hydrogens is 398 g/mol. The number of nitrogens with zero attached hydrogens (tertiary/aromatic N) is 1. The Morgan fingerprint density at radius 3 is 1.84 bits per heavy atom.